The number of carbonyl (C=O) groups excluding carboxylic acids is 2. The number of piperidine rings is 1. The highest BCUT2D eigenvalue weighted by Crippen LogP contribution is 2.21. The average Bonchev–Trinajstić information content (AvgIpc) is 2.30. The van der Waals surface area contributed by atoms with E-state index in [1.54, 1.807) is 11.8 Å². The topological polar surface area (TPSA) is 49.4 Å². The van der Waals surface area contributed by atoms with E-state index in [4.69, 9.17) is 11.6 Å². The fraction of sp³-hybridized carbons (Fsp3) is 0.833. The number of likely N-dealkylation sites (tertiary alicyclic amines) is 1. The van der Waals surface area contributed by atoms with Crippen molar-refractivity contribution in [3.05, 3.63) is 0 Å². The molecule has 0 bridgehead atoms. The number of imide groups is 1. The van der Waals surface area contributed by atoms with E-state index in [-0.39, 0.29) is 6.03 Å². The third kappa shape index (κ3) is 4.54. The molecule has 0 radical (unpaired) electrons. The molecule has 1 atom stereocenters. The normalized spacial score (nSPS) is 18.9. The van der Waals surface area contributed by atoms with Crippen LogP contribution in [0.25, 0.3) is 0 Å². The maximum atomic E-state index is 11.7. The number of amides is 3. The first kappa shape index (κ1) is 14.3. The highest BCUT2D eigenvalue weighted by molar-refractivity contribution is 6.31. The summed E-state index contributed by atoms with van der Waals surface area (Å²) in [6, 6.07) is -0.308. The van der Waals surface area contributed by atoms with Crippen LogP contribution in [0.3, 0.4) is 0 Å². The van der Waals surface area contributed by atoms with Crippen molar-refractivity contribution in [3.8, 4) is 0 Å². The van der Waals surface area contributed by atoms with Crippen LogP contribution in [-0.2, 0) is 4.79 Å². The lowest BCUT2D eigenvalue weighted by atomic mass is 9.93. The molecule has 1 rings (SSSR count). The molecule has 0 spiro atoms. The lowest BCUT2D eigenvalue weighted by molar-refractivity contribution is -0.119. The smallest absolute Gasteiger partial charge is 0.324 e. The standard InChI is InChI=1S/C12H21ClN2O2/c1-3-4-10-5-7-15(8-6-10)12(17)14-11(16)9(2)13/h9-10H,3-8H2,1-2H3,(H,14,16,17). The zero-order chi connectivity index (χ0) is 12.8. The summed E-state index contributed by atoms with van der Waals surface area (Å²) in [5, 5.41) is 1.64. The van der Waals surface area contributed by atoms with Gasteiger partial charge in [-0.15, -0.1) is 11.6 Å². The largest absolute Gasteiger partial charge is 0.324 e. The molecule has 0 aromatic rings. The molecule has 98 valence electrons. The van der Waals surface area contributed by atoms with E-state index >= 15 is 0 Å². The van der Waals surface area contributed by atoms with Gasteiger partial charge in [0.2, 0.25) is 5.91 Å². The van der Waals surface area contributed by atoms with Crippen LogP contribution in [0.5, 0.6) is 0 Å². The van der Waals surface area contributed by atoms with Crippen LogP contribution in [-0.4, -0.2) is 35.3 Å². The van der Waals surface area contributed by atoms with Crippen LogP contribution in [0.1, 0.15) is 39.5 Å². The molecule has 0 aromatic heterocycles. The number of nitrogens with one attached hydrogen (secondary N) is 1. The zero-order valence-corrected chi connectivity index (χ0v) is 11.3. The Morgan fingerprint density at radius 1 is 1.41 bits per heavy atom. The predicted molar refractivity (Wildman–Crippen MR) is 68.1 cm³/mol. The Labute approximate surface area is 108 Å². The van der Waals surface area contributed by atoms with Gasteiger partial charge < -0.3 is 4.90 Å². The second-order valence-electron chi connectivity index (χ2n) is 4.63. The second kappa shape index (κ2) is 6.84. The quantitative estimate of drug-likeness (QED) is 0.792. The number of nitrogens with zero attached hydrogens (tertiary/aromatic N) is 1. The lowest BCUT2D eigenvalue weighted by Gasteiger charge is -2.31. The SMILES string of the molecule is CCCC1CCN(C(=O)NC(=O)C(C)Cl)CC1. The molecule has 0 aromatic carbocycles. The molecule has 1 aliphatic rings. The molecule has 1 unspecified atom stereocenters. The van der Waals surface area contributed by atoms with Gasteiger partial charge in [0.1, 0.15) is 5.38 Å². The minimum Gasteiger partial charge on any atom is -0.324 e. The van der Waals surface area contributed by atoms with Crippen LogP contribution < -0.4 is 5.32 Å². The molecule has 0 aliphatic carbocycles. The van der Waals surface area contributed by atoms with E-state index in [0.29, 0.717) is 0 Å². The summed E-state index contributed by atoms with van der Waals surface area (Å²) in [6.07, 6.45) is 4.49. The summed E-state index contributed by atoms with van der Waals surface area (Å²) in [6.45, 7) is 5.21. The second-order valence-corrected chi connectivity index (χ2v) is 5.28. The van der Waals surface area contributed by atoms with Crippen molar-refractivity contribution in [2.75, 3.05) is 13.1 Å². The van der Waals surface area contributed by atoms with Gasteiger partial charge in [-0.1, -0.05) is 19.8 Å². The van der Waals surface area contributed by atoms with Crippen molar-refractivity contribution in [2.45, 2.75) is 44.9 Å². The first-order chi connectivity index (χ1) is 8.04. The molecule has 1 heterocycles. The van der Waals surface area contributed by atoms with Crippen LogP contribution in [0, 0.1) is 5.92 Å². The van der Waals surface area contributed by atoms with Gasteiger partial charge in [0.25, 0.3) is 0 Å². The first-order valence-corrected chi connectivity index (χ1v) is 6.72. The predicted octanol–water partition coefficient (Wildman–Crippen LogP) is 2.36. The van der Waals surface area contributed by atoms with E-state index in [0.717, 1.165) is 31.8 Å². The minimum atomic E-state index is -0.670. The molecule has 17 heavy (non-hydrogen) atoms. The van der Waals surface area contributed by atoms with Gasteiger partial charge >= 0.3 is 6.03 Å². The zero-order valence-electron chi connectivity index (χ0n) is 10.5. The lowest BCUT2D eigenvalue weighted by Crippen LogP contribution is -2.47. The summed E-state index contributed by atoms with van der Waals surface area (Å²) in [5.41, 5.74) is 0. The van der Waals surface area contributed by atoms with Gasteiger partial charge in [-0.3, -0.25) is 10.1 Å². The highest BCUT2D eigenvalue weighted by Gasteiger charge is 2.24. The molecular weight excluding hydrogens is 240 g/mol. The van der Waals surface area contributed by atoms with E-state index in [2.05, 4.69) is 12.2 Å². The summed E-state index contributed by atoms with van der Waals surface area (Å²) >= 11 is 5.59. The number of halogens is 1. The van der Waals surface area contributed by atoms with E-state index < -0.39 is 11.3 Å². The number of urea groups is 1. The monoisotopic (exact) mass is 260 g/mol. The van der Waals surface area contributed by atoms with Gasteiger partial charge in [-0.2, -0.15) is 0 Å². The van der Waals surface area contributed by atoms with Crippen molar-refractivity contribution in [1.29, 1.82) is 0 Å². The maximum absolute atomic E-state index is 11.7. The fourth-order valence-electron chi connectivity index (χ4n) is 2.12. The molecule has 4 nitrogen and oxygen atoms in total. The van der Waals surface area contributed by atoms with Crippen molar-refractivity contribution in [1.82, 2.24) is 10.2 Å². The average molecular weight is 261 g/mol. The third-order valence-corrected chi connectivity index (χ3v) is 3.39. The Morgan fingerprint density at radius 2 is 2.00 bits per heavy atom. The van der Waals surface area contributed by atoms with Crippen molar-refractivity contribution in [3.63, 3.8) is 0 Å². The van der Waals surface area contributed by atoms with Gasteiger partial charge in [0.15, 0.2) is 0 Å². The van der Waals surface area contributed by atoms with Crippen LogP contribution in [0.2, 0.25) is 0 Å². The minimum absolute atomic E-state index is 0.308. The highest BCUT2D eigenvalue weighted by atomic mass is 35.5. The summed E-state index contributed by atoms with van der Waals surface area (Å²) in [7, 11) is 0. The Morgan fingerprint density at radius 3 is 2.47 bits per heavy atom. The number of rotatable bonds is 3. The third-order valence-electron chi connectivity index (χ3n) is 3.19. The molecule has 1 fully saturated rings. The first-order valence-electron chi connectivity index (χ1n) is 6.28. The van der Waals surface area contributed by atoms with Gasteiger partial charge in [0, 0.05) is 13.1 Å². The molecule has 3 amide bonds. The number of alkyl halides is 1. The van der Waals surface area contributed by atoms with E-state index in [9.17, 15) is 9.59 Å². The number of carbonyl (C=O) groups is 2. The van der Waals surface area contributed by atoms with Crippen molar-refractivity contribution in [2.24, 2.45) is 5.92 Å². The van der Waals surface area contributed by atoms with Gasteiger partial charge in [-0.25, -0.2) is 4.79 Å². The van der Waals surface area contributed by atoms with E-state index in [1.807, 2.05) is 0 Å². The maximum Gasteiger partial charge on any atom is 0.324 e. The molecule has 1 aliphatic heterocycles. The fourth-order valence-corrected chi connectivity index (χ4v) is 2.17. The number of hydrogen-bond donors (Lipinski definition) is 1. The van der Waals surface area contributed by atoms with Gasteiger partial charge in [0.05, 0.1) is 0 Å². The molecule has 1 saturated heterocycles. The Balaban J connectivity index is 2.33. The molecule has 5 heteroatoms. The number of hydrogen-bond acceptors (Lipinski definition) is 2. The van der Waals surface area contributed by atoms with Crippen molar-refractivity contribution < 1.29 is 9.59 Å². The Bertz CT molecular complexity index is 274. The molecular formula is C12H21ClN2O2. The molecule has 1 N–H and O–H groups in total. The van der Waals surface area contributed by atoms with Crippen molar-refractivity contribution >= 4 is 23.5 Å². The Kier molecular flexibility index (Phi) is 5.75. The summed E-state index contributed by atoms with van der Waals surface area (Å²) in [5.74, 6) is 0.305. The van der Waals surface area contributed by atoms with Crippen LogP contribution in [0.4, 0.5) is 4.79 Å². The summed E-state index contributed by atoms with van der Waals surface area (Å²) < 4.78 is 0. The molecule has 0 saturated carbocycles. The van der Waals surface area contributed by atoms with Crippen LogP contribution >= 0.6 is 11.6 Å². The summed E-state index contributed by atoms with van der Waals surface area (Å²) in [4.78, 5) is 24.7. The van der Waals surface area contributed by atoms with E-state index in [1.165, 1.54) is 12.8 Å². The van der Waals surface area contributed by atoms with Gasteiger partial charge in [-0.05, 0) is 25.7 Å². The van der Waals surface area contributed by atoms with Crippen LogP contribution in [0.15, 0.2) is 0 Å². The Hall–Kier alpha value is -0.770.